The van der Waals surface area contributed by atoms with Gasteiger partial charge in [-0.05, 0) is 47.7 Å². The van der Waals surface area contributed by atoms with Gasteiger partial charge in [0.15, 0.2) is 0 Å². The molecule has 1 heterocycles. The van der Waals surface area contributed by atoms with Gasteiger partial charge in [0.2, 0.25) is 0 Å². The van der Waals surface area contributed by atoms with E-state index in [9.17, 15) is 5.11 Å². The van der Waals surface area contributed by atoms with Crippen LogP contribution >= 0.6 is 33.9 Å². The van der Waals surface area contributed by atoms with Gasteiger partial charge in [-0.25, -0.2) is 0 Å². The summed E-state index contributed by atoms with van der Waals surface area (Å²) in [6.45, 7) is 2.06. The summed E-state index contributed by atoms with van der Waals surface area (Å²) in [6, 6.07) is 5.80. The zero-order valence-electron chi connectivity index (χ0n) is 6.47. The molecule has 1 nitrogen and oxygen atoms in total. The molecule has 1 aromatic heterocycles. The van der Waals surface area contributed by atoms with Crippen molar-refractivity contribution in [2.75, 3.05) is 0 Å². The van der Waals surface area contributed by atoms with Crippen molar-refractivity contribution in [3.63, 3.8) is 0 Å². The Morgan fingerprint density at radius 2 is 2.17 bits per heavy atom. The highest BCUT2D eigenvalue weighted by atomic mass is 127. The zero-order valence-corrected chi connectivity index (χ0v) is 9.44. The van der Waals surface area contributed by atoms with Gasteiger partial charge in [0.1, 0.15) is 5.75 Å². The molecule has 0 radical (unpaired) electrons. The van der Waals surface area contributed by atoms with E-state index in [4.69, 9.17) is 0 Å². The summed E-state index contributed by atoms with van der Waals surface area (Å²) in [5, 5.41) is 10.7. The topological polar surface area (TPSA) is 20.2 Å². The highest BCUT2D eigenvalue weighted by Gasteiger charge is 2.05. The number of halogens is 1. The first-order valence-electron chi connectivity index (χ1n) is 3.56. The maximum atomic E-state index is 9.52. The van der Waals surface area contributed by atoms with Crippen molar-refractivity contribution in [1.82, 2.24) is 0 Å². The second kappa shape index (κ2) is 2.88. The van der Waals surface area contributed by atoms with Crippen LogP contribution in [0, 0.1) is 10.5 Å². The molecule has 12 heavy (non-hydrogen) atoms. The van der Waals surface area contributed by atoms with Gasteiger partial charge in [0.25, 0.3) is 0 Å². The average molecular weight is 290 g/mol. The lowest BCUT2D eigenvalue weighted by Gasteiger charge is -1.95. The molecule has 0 amide bonds. The molecule has 0 aliphatic carbocycles. The van der Waals surface area contributed by atoms with Crippen LogP contribution < -0.4 is 0 Å². The third-order valence-corrected chi connectivity index (χ3v) is 3.75. The Balaban J connectivity index is 2.93. The Kier molecular flexibility index (Phi) is 2.00. The number of hydrogen-bond acceptors (Lipinski definition) is 2. The van der Waals surface area contributed by atoms with Crippen molar-refractivity contribution >= 4 is 44.0 Å². The molecule has 2 aromatic rings. The number of fused-ring (bicyclic) bond motifs is 1. The first-order chi connectivity index (χ1) is 5.68. The Labute approximate surface area is 88.2 Å². The lowest BCUT2D eigenvalue weighted by atomic mass is 10.2. The van der Waals surface area contributed by atoms with Crippen LogP contribution in [0.25, 0.3) is 10.1 Å². The van der Waals surface area contributed by atoms with E-state index < -0.39 is 0 Å². The van der Waals surface area contributed by atoms with Crippen molar-refractivity contribution in [2.45, 2.75) is 6.92 Å². The summed E-state index contributed by atoms with van der Waals surface area (Å²) in [5.41, 5.74) is 0. The second-order valence-electron chi connectivity index (χ2n) is 2.67. The number of benzene rings is 1. The number of thiophene rings is 1. The molecule has 0 bridgehead atoms. The quantitative estimate of drug-likeness (QED) is 0.736. The maximum absolute atomic E-state index is 9.52. The van der Waals surface area contributed by atoms with E-state index in [0.29, 0.717) is 5.75 Å². The average Bonchev–Trinajstić information content (AvgIpc) is 2.41. The lowest BCUT2D eigenvalue weighted by Crippen LogP contribution is -1.71. The molecule has 62 valence electrons. The standard InChI is InChI=1S/C9H7IOS/c1-5-4-6-7(10)2-3-8(11)9(6)12-5/h2-4,11H,1H3. The Bertz CT molecular complexity index is 394. The second-order valence-corrected chi connectivity index (χ2v) is 5.08. The molecule has 0 aliphatic rings. The molecule has 0 aliphatic heterocycles. The van der Waals surface area contributed by atoms with Crippen molar-refractivity contribution < 1.29 is 5.11 Å². The van der Waals surface area contributed by atoms with Gasteiger partial charge in [-0.3, -0.25) is 0 Å². The number of aromatic hydroxyl groups is 1. The van der Waals surface area contributed by atoms with E-state index in [1.165, 1.54) is 8.45 Å². The molecule has 0 unspecified atom stereocenters. The van der Waals surface area contributed by atoms with Gasteiger partial charge >= 0.3 is 0 Å². The molecular formula is C9H7IOS. The summed E-state index contributed by atoms with van der Waals surface area (Å²) >= 11 is 3.92. The van der Waals surface area contributed by atoms with Crippen LogP contribution in [0.1, 0.15) is 4.88 Å². The number of phenols is 1. The Hall–Kier alpha value is -0.290. The van der Waals surface area contributed by atoms with Crippen LogP contribution in [0.3, 0.4) is 0 Å². The Morgan fingerprint density at radius 1 is 1.42 bits per heavy atom. The fourth-order valence-corrected chi connectivity index (χ4v) is 2.94. The van der Waals surface area contributed by atoms with Crippen LogP contribution in [0.4, 0.5) is 0 Å². The van der Waals surface area contributed by atoms with E-state index in [1.807, 2.05) is 6.07 Å². The van der Waals surface area contributed by atoms with Crippen LogP contribution in [0.5, 0.6) is 5.75 Å². The predicted molar refractivity (Wildman–Crippen MR) is 60.9 cm³/mol. The molecule has 0 atom stereocenters. The van der Waals surface area contributed by atoms with Crippen molar-refractivity contribution in [3.8, 4) is 5.75 Å². The van der Waals surface area contributed by atoms with Gasteiger partial charge in [0.05, 0.1) is 4.70 Å². The molecule has 2 rings (SSSR count). The minimum Gasteiger partial charge on any atom is -0.506 e. The highest BCUT2D eigenvalue weighted by molar-refractivity contribution is 14.1. The van der Waals surface area contributed by atoms with Crippen molar-refractivity contribution in [3.05, 3.63) is 26.6 Å². The number of phenolic OH excluding ortho intramolecular Hbond substituents is 1. The summed E-state index contributed by atoms with van der Waals surface area (Å²) < 4.78 is 2.20. The maximum Gasteiger partial charge on any atom is 0.133 e. The van der Waals surface area contributed by atoms with Crippen LogP contribution in [0.2, 0.25) is 0 Å². The SMILES string of the molecule is Cc1cc2c(I)ccc(O)c2s1. The minimum atomic E-state index is 0.392. The van der Waals surface area contributed by atoms with E-state index in [0.717, 1.165) is 10.1 Å². The number of rotatable bonds is 0. The van der Waals surface area contributed by atoms with E-state index in [-0.39, 0.29) is 0 Å². The fourth-order valence-electron chi connectivity index (χ4n) is 1.20. The first-order valence-corrected chi connectivity index (χ1v) is 5.45. The van der Waals surface area contributed by atoms with Gasteiger partial charge in [-0.1, -0.05) is 0 Å². The monoisotopic (exact) mass is 290 g/mol. The molecule has 0 fully saturated rings. The summed E-state index contributed by atoms with van der Waals surface area (Å²) in [7, 11) is 0. The van der Waals surface area contributed by atoms with Crippen LogP contribution in [-0.2, 0) is 0 Å². The lowest BCUT2D eigenvalue weighted by molar-refractivity contribution is 0.482. The summed E-state index contributed by atoms with van der Waals surface area (Å²) in [6.07, 6.45) is 0. The smallest absolute Gasteiger partial charge is 0.133 e. The number of hydrogen-bond donors (Lipinski definition) is 1. The Morgan fingerprint density at radius 3 is 2.83 bits per heavy atom. The highest BCUT2D eigenvalue weighted by Crippen LogP contribution is 2.35. The van der Waals surface area contributed by atoms with Crippen molar-refractivity contribution in [1.29, 1.82) is 0 Å². The summed E-state index contributed by atoms with van der Waals surface area (Å²) in [4.78, 5) is 1.24. The van der Waals surface area contributed by atoms with Gasteiger partial charge in [-0.15, -0.1) is 11.3 Å². The third-order valence-electron chi connectivity index (χ3n) is 1.73. The first kappa shape index (κ1) is 8.31. The van der Waals surface area contributed by atoms with Crippen LogP contribution in [0.15, 0.2) is 18.2 Å². The van der Waals surface area contributed by atoms with Crippen molar-refractivity contribution in [2.24, 2.45) is 0 Å². The zero-order chi connectivity index (χ0) is 8.72. The molecule has 0 saturated heterocycles. The molecular weight excluding hydrogens is 283 g/mol. The summed E-state index contributed by atoms with van der Waals surface area (Å²) in [5.74, 6) is 0.392. The van der Waals surface area contributed by atoms with Gasteiger partial charge in [-0.2, -0.15) is 0 Å². The van der Waals surface area contributed by atoms with Gasteiger partial charge < -0.3 is 5.11 Å². The number of aryl methyl sites for hydroxylation is 1. The van der Waals surface area contributed by atoms with Gasteiger partial charge in [0, 0.05) is 13.8 Å². The molecule has 1 N–H and O–H groups in total. The third kappa shape index (κ3) is 1.21. The fraction of sp³-hybridized carbons (Fsp3) is 0.111. The largest absolute Gasteiger partial charge is 0.506 e. The molecule has 0 saturated carbocycles. The molecule has 1 aromatic carbocycles. The predicted octanol–water partition coefficient (Wildman–Crippen LogP) is 3.52. The molecule has 3 heteroatoms. The van der Waals surface area contributed by atoms with Crippen LogP contribution in [-0.4, -0.2) is 5.11 Å². The van der Waals surface area contributed by atoms with E-state index in [1.54, 1.807) is 17.4 Å². The minimum absolute atomic E-state index is 0.392. The normalized spacial score (nSPS) is 10.8. The van der Waals surface area contributed by atoms with E-state index in [2.05, 4.69) is 35.6 Å². The van der Waals surface area contributed by atoms with E-state index >= 15 is 0 Å². The molecule has 0 spiro atoms.